The van der Waals surface area contributed by atoms with Crippen LogP contribution in [-0.2, 0) is 26.2 Å². The van der Waals surface area contributed by atoms with Gasteiger partial charge in [0.2, 0.25) is 11.8 Å². The molecule has 8 heteroatoms. The second-order valence-corrected chi connectivity index (χ2v) is 11.4. The summed E-state index contributed by atoms with van der Waals surface area (Å²) < 4.78 is 28.9. The minimum Gasteiger partial charge on any atom is -0.354 e. The summed E-state index contributed by atoms with van der Waals surface area (Å²) in [5.41, 5.74) is 3.99. The van der Waals surface area contributed by atoms with Gasteiger partial charge in [0.1, 0.15) is 12.6 Å². The zero-order valence-electron chi connectivity index (χ0n) is 22.8. The molecule has 0 aliphatic rings. The summed E-state index contributed by atoms with van der Waals surface area (Å²) in [6, 6.07) is 20.5. The minimum absolute atomic E-state index is 0.0953. The maximum Gasteiger partial charge on any atom is 0.264 e. The normalized spacial score (nSPS) is 12.0. The molecule has 0 fully saturated rings. The number of hydrogen-bond acceptors (Lipinski definition) is 4. The minimum atomic E-state index is -4.08. The van der Waals surface area contributed by atoms with E-state index in [0.717, 1.165) is 33.0 Å². The number of amides is 2. The van der Waals surface area contributed by atoms with Crippen LogP contribution in [0.25, 0.3) is 0 Å². The van der Waals surface area contributed by atoms with Gasteiger partial charge in [0, 0.05) is 13.1 Å². The van der Waals surface area contributed by atoms with E-state index in [1.807, 2.05) is 64.1 Å². The highest BCUT2D eigenvalue weighted by atomic mass is 32.2. The lowest BCUT2D eigenvalue weighted by Crippen LogP contribution is -2.51. The van der Waals surface area contributed by atoms with Gasteiger partial charge in [0.05, 0.1) is 10.6 Å². The molecule has 38 heavy (non-hydrogen) atoms. The zero-order chi connectivity index (χ0) is 27.9. The van der Waals surface area contributed by atoms with E-state index in [-0.39, 0.29) is 17.3 Å². The maximum absolute atomic E-state index is 13.9. The molecule has 3 aromatic rings. The third-order valence-corrected chi connectivity index (χ3v) is 8.24. The second kappa shape index (κ2) is 12.7. The molecule has 7 nitrogen and oxygen atoms in total. The predicted octanol–water partition coefficient (Wildman–Crippen LogP) is 4.75. The van der Waals surface area contributed by atoms with Crippen LogP contribution < -0.4 is 9.62 Å². The summed E-state index contributed by atoms with van der Waals surface area (Å²) in [4.78, 5) is 28.4. The molecule has 202 valence electrons. The summed E-state index contributed by atoms with van der Waals surface area (Å²) >= 11 is 0. The first-order chi connectivity index (χ1) is 18.0. The Balaban J connectivity index is 2.02. The van der Waals surface area contributed by atoms with Crippen molar-refractivity contribution in [2.24, 2.45) is 0 Å². The van der Waals surface area contributed by atoms with Crippen LogP contribution in [0.4, 0.5) is 5.69 Å². The van der Waals surface area contributed by atoms with E-state index in [1.54, 1.807) is 43.3 Å². The Bertz CT molecular complexity index is 1350. The van der Waals surface area contributed by atoms with Crippen molar-refractivity contribution >= 4 is 27.5 Å². The molecular formula is C30H37N3O4S. The van der Waals surface area contributed by atoms with E-state index < -0.39 is 28.5 Å². The van der Waals surface area contributed by atoms with Crippen LogP contribution in [0.15, 0.2) is 77.7 Å². The monoisotopic (exact) mass is 535 g/mol. The number of carbonyl (C=O) groups is 2. The third kappa shape index (κ3) is 7.01. The van der Waals surface area contributed by atoms with Crippen molar-refractivity contribution in [3.63, 3.8) is 0 Å². The summed E-state index contributed by atoms with van der Waals surface area (Å²) in [6.07, 6.45) is 0.764. The van der Waals surface area contributed by atoms with Gasteiger partial charge in [-0.3, -0.25) is 13.9 Å². The van der Waals surface area contributed by atoms with Crippen molar-refractivity contribution < 1.29 is 18.0 Å². The summed E-state index contributed by atoms with van der Waals surface area (Å²) in [5, 5.41) is 2.85. The molecule has 3 aromatic carbocycles. The van der Waals surface area contributed by atoms with Crippen molar-refractivity contribution in [3.8, 4) is 0 Å². The van der Waals surface area contributed by atoms with Crippen molar-refractivity contribution in [1.82, 2.24) is 10.2 Å². The van der Waals surface area contributed by atoms with Gasteiger partial charge >= 0.3 is 0 Å². The first kappa shape index (κ1) is 28.9. The zero-order valence-corrected chi connectivity index (χ0v) is 23.6. The van der Waals surface area contributed by atoms with Crippen molar-refractivity contribution in [2.45, 2.75) is 58.5 Å². The van der Waals surface area contributed by atoms with Crippen LogP contribution >= 0.6 is 0 Å². The highest BCUT2D eigenvalue weighted by Gasteiger charge is 2.33. The molecule has 1 atom stereocenters. The number of rotatable bonds is 11. The Hall–Kier alpha value is -3.65. The van der Waals surface area contributed by atoms with E-state index in [0.29, 0.717) is 12.2 Å². The van der Waals surface area contributed by atoms with Gasteiger partial charge in [-0.1, -0.05) is 72.6 Å². The van der Waals surface area contributed by atoms with Gasteiger partial charge < -0.3 is 10.2 Å². The van der Waals surface area contributed by atoms with E-state index in [4.69, 9.17) is 0 Å². The number of anilines is 1. The lowest BCUT2D eigenvalue weighted by Gasteiger charge is -2.32. The lowest BCUT2D eigenvalue weighted by molar-refractivity contribution is -0.139. The first-order valence-electron chi connectivity index (χ1n) is 12.8. The van der Waals surface area contributed by atoms with Gasteiger partial charge in [-0.05, 0) is 63.4 Å². The molecular weight excluding hydrogens is 498 g/mol. The fourth-order valence-electron chi connectivity index (χ4n) is 4.06. The number of carbonyl (C=O) groups excluding carboxylic acids is 2. The summed E-state index contributed by atoms with van der Waals surface area (Å²) in [5.74, 6) is -0.750. The van der Waals surface area contributed by atoms with E-state index in [9.17, 15) is 18.0 Å². The van der Waals surface area contributed by atoms with E-state index in [2.05, 4.69) is 5.32 Å². The van der Waals surface area contributed by atoms with Crippen LogP contribution in [0.1, 0.15) is 42.5 Å². The van der Waals surface area contributed by atoms with E-state index in [1.165, 1.54) is 4.90 Å². The Morgan fingerprint density at radius 1 is 0.868 bits per heavy atom. The SMILES string of the molecule is CCCNC(=O)C(C)N(Cc1ccc(C)cc1)C(=O)CN(c1ccccc1C)S(=O)(=O)c1ccc(C)cc1. The van der Waals surface area contributed by atoms with Crippen LogP contribution in [0.2, 0.25) is 0 Å². The smallest absolute Gasteiger partial charge is 0.264 e. The Morgan fingerprint density at radius 2 is 1.45 bits per heavy atom. The predicted molar refractivity (Wildman–Crippen MR) is 151 cm³/mol. The number of sulfonamides is 1. The van der Waals surface area contributed by atoms with Gasteiger partial charge in [-0.15, -0.1) is 0 Å². The number of hydrogen-bond donors (Lipinski definition) is 1. The van der Waals surface area contributed by atoms with Crippen LogP contribution in [0.3, 0.4) is 0 Å². The lowest BCUT2D eigenvalue weighted by atomic mass is 10.1. The molecule has 0 saturated heterocycles. The van der Waals surface area contributed by atoms with E-state index >= 15 is 0 Å². The molecule has 0 bridgehead atoms. The summed E-state index contributed by atoms with van der Waals surface area (Å²) in [7, 11) is -4.08. The number of nitrogens with one attached hydrogen (secondary N) is 1. The molecule has 0 aromatic heterocycles. The number of para-hydroxylation sites is 1. The van der Waals surface area contributed by atoms with Gasteiger partial charge in [0.15, 0.2) is 0 Å². The van der Waals surface area contributed by atoms with Gasteiger partial charge in [0.25, 0.3) is 10.0 Å². The summed E-state index contributed by atoms with van der Waals surface area (Å²) in [6.45, 7) is 9.51. The molecule has 0 saturated carbocycles. The molecule has 1 N–H and O–H groups in total. The van der Waals surface area contributed by atoms with Crippen LogP contribution in [0, 0.1) is 20.8 Å². The largest absolute Gasteiger partial charge is 0.354 e. The first-order valence-corrected chi connectivity index (χ1v) is 14.3. The highest BCUT2D eigenvalue weighted by molar-refractivity contribution is 7.92. The Labute approximate surface area is 226 Å². The molecule has 0 spiro atoms. The molecule has 2 amide bonds. The topological polar surface area (TPSA) is 86.8 Å². The van der Waals surface area contributed by atoms with Gasteiger partial charge in [-0.2, -0.15) is 0 Å². The van der Waals surface area contributed by atoms with Crippen LogP contribution in [-0.4, -0.2) is 44.3 Å². The standard InChI is InChI=1S/C30H37N3O4S/c1-6-19-31-30(35)25(5)32(20-26-15-11-22(2)12-16-26)29(34)21-33(28-10-8-7-9-24(28)4)38(36,37)27-17-13-23(3)14-18-27/h7-18,25H,6,19-21H2,1-5H3,(H,31,35). The fraction of sp³-hybridized carbons (Fsp3) is 0.333. The molecule has 0 aliphatic carbocycles. The average Bonchev–Trinajstić information content (AvgIpc) is 2.90. The molecule has 1 unspecified atom stereocenters. The number of benzene rings is 3. The fourth-order valence-corrected chi connectivity index (χ4v) is 5.54. The van der Waals surface area contributed by atoms with Crippen molar-refractivity contribution in [1.29, 1.82) is 0 Å². The highest BCUT2D eigenvalue weighted by Crippen LogP contribution is 2.27. The Morgan fingerprint density at radius 3 is 2.03 bits per heavy atom. The second-order valence-electron chi connectivity index (χ2n) is 9.59. The quantitative estimate of drug-likeness (QED) is 0.384. The van der Waals surface area contributed by atoms with Gasteiger partial charge in [-0.25, -0.2) is 8.42 Å². The average molecular weight is 536 g/mol. The molecule has 0 heterocycles. The van der Waals surface area contributed by atoms with Crippen molar-refractivity contribution in [3.05, 3.63) is 95.1 Å². The molecule has 0 radical (unpaired) electrons. The van der Waals surface area contributed by atoms with Crippen molar-refractivity contribution in [2.75, 3.05) is 17.4 Å². The molecule has 3 rings (SSSR count). The Kier molecular flexibility index (Phi) is 9.69. The maximum atomic E-state index is 13.9. The molecule has 0 aliphatic heterocycles. The van der Waals surface area contributed by atoms with Crippen LogP contribution in [0.5, 0.6) is 0 Å². The number of nitrogens with zero attached hydrogens (tertiary/aromatic N) is 2. The third-order valence-electron chi connectivity index (χ3n) is 6.46. The number of aryl methyl sites for hydroxylation is 3.